The molecule has 35 heavy (non-hydrogen) atoms. The molecule has 3 aromatic carbocycles. The number of carbonyl (C=O) groups is 2. The Hall–Kier alpha value is -3.80. The standard InChI is InChI=1S/C29H34N2O4/c1-4-11-27(32)31(21-23-12-7-5-8-13-23)28(24-14-9-6-10-15-24)29(33)30-19-18-22-16-17-25(34-2)26(20-22)35-3/h5-10,12-17,20,28H,4,11,18-19,21H2,1-3H3,(H,30,33)/t28-/m0/s1. The van der Waals surface area contributed by atoms with Crippen LogP contribution in [0.25, 0.3) is 0 Å². The van der Waals surface area contributed by atoms with Gasteiger partial charge in [-0.2, -0.15) is 0 Å². The van der Waals surface area contributed by atoms with Gasteiger partial charge >= 0.3 is 0 Å². The zero-order valence-corrected chi connectivity index (χ0v) is 20.7. The molecule has 3 aromatic rings. The van der Waals surface area contributed by atoms with Gasteiger partial charge in [-0.05, 0) is 41.7 Å². The van der Waals surface area contributed by atoms with E-state index in [2.05, 4.69) is 5.32 Å². The first-order valence-electron chi connectivity index (χ1n) is 11.9. The molecule has 0 bridgehead atoms. The molecular weight excluding hydrogens is 440 g/mol. The molecule has 3 rings (SSSR count). The van der Waals surface area contributed by atoms with E-state index in [0.717, 1.165) is 16.7 Å². The topological polar surface area (TPSA) is 67.9 Å². The largest absolute Gasteiger partial charge is 0.493 e. The van der Waals surface area contributed by atoms with E-state index in [9.17, 15) is 9.59 Å². The average molecular weight is 475 g/mol. The van der Waals surface area contributed by atoms with Crippen LogP contribution in [0.2, 0.25) is 0 Å². The van der Waals surface area contributed by atoms with Crippen molar-refractivity contribution in [3.63, 3.8) is 0 Å². The maximum atomic E-state index is 13.5. The Kier molecular flexibility index (Phi) is 9.72. The van der Waals surface area contributed by atoms with Crippen molar-refractivity contribution in [2.24, 2.45) is 0 Å². The van der Waals surface area contributed by atoms with Crippen LogP contribution < -0.4 is 14.8 Å². The van der Waals surface area contributed by atoms with E-state index in [1.807, 2.05) is 85.8 Å². The Morgan fingerprint density at radius 3 is 2.14 bits per heavy atom. The highest BCUT2D eigenvalue weighted by Crippen LogP contribution is 2.28. The molecular formula is C29H34N2O4. The molecule has 1 N–H and O–H groups in total. The van der Waals surface area contributed by atoms with Crippen LogP contribution >= 0.6 is 0 Å². The summed E-state index contributed by atoms with van der Waals surface area (Å²) in [5, 5.41) is 3.05. The molecule has 0 aliphatic rings. The molecule has 0 radical (unpaired) electrons. The summed E-state index contributed by atoms with van der Waals surface area (Å²) in [7, 11) is 3.20. The summed E-state index contributed by atoms with van der Waals surface area (Å²) < 4.78 is 10.7. The number of hydrogen-bond acceptors (Lipinski definition) is 4. The van der Waals surface area contributed by atoms with Crippen molar-refractivity contribution in [2.75, 3.05) is 20.8 Å². The Morgan fingerprint density at radius 1 is 0.857 bits per heavy atom. The molecule has 2 amide bonds. The average Bonchev–Trinajstić information content (AvgIpc) is 2.89. The van der Waals surface area contributed by atoms with Gasteiger partial charge in [0.1, 0.15) is 6.04 Å². The second kappa shape index (κ2) is 13.2. The molecule has 6 nitrogen and oxygen atoms in total. The summed E-state index contributed by atoms with van der Waals surface area (Å²) >= 11 is 0. The molecule has 0 aliphatic carbocycles. The van der Waals surface area contributed by atoms with Crippen LogP contribution in [0, 0.1) is 0 Å². The number of amides is 2. The van der Waals surface area contributed by atoms with Gasteiger partial charge < -0.3 is 19.7 Å². The van der Waals surface area contributed by atoms with Gasteiger partial charge in [0, 0.05) is 19.5 Å². The van der Waals surface area contributed by atoms with Gasteiger partial charge in [0.05, 0.1) is 14.2 Å². The number of rotatable bonds is 12. The van der Waals surface area contributed by atoms with Crippen molar-refractivity contribution < 1.29 is 19.1 Å². The van der Waals surface area contributed by atoms with Crippen molar-refractivity contribution in [3.05, 3.63) is 95.6 Å². The minimum atomic E-state index is -0.721. The van der Waals surface area contributed by atoms with Crippen LogP contribution in [0.5, 0.6) is 11.5 Å². The van der Waals surface area contributed by atoms with E-state index in [-0.39, 0.29) is 11.8 Å². The molecule has 184 valence electrons. The van der Waals surface area contributed by atoms with Crippen LogP contribution in [0.1, 0.15) is 42.5 Å². The third kappa shape index (κ3) is 7.09. The number of hydrogen-bond donors (Lipinski definition) is 1. The molecule has 0 fully saturated rings. The summed E-state index contributed by atoms with van der Waals surface area (Å²) in [6.07, 6.45) is 1.72. The third-order valence-electron chi connectivity index (χ3n) is 5.82. The Bertz CT molecular complexity index is 1090. The lowest BCUT2D eigenvalue weighted by Crippen LogP contribution is -2.43. The van der Waals surface area contributed by atoms with Gasteiger partial charge in [0.25, 0.3) is 0 Å². The molecule has 0 unspecified atom stereocenters. The molecule has 0 aliphatic heterocycles. The molecule has 1 atom stereocenters. The van der Waals surface area contributed by atoms with E-state index in [1.54, 1.807) is 19.1 Å². The Morgan fingerprint density at radius 2 is 1.51 bits per heavy atom. The summed E-state index contributed by atoms with van der Waals surface area (Å²) in [5.41, 5.74) is 2.79. The fraction of sp³-hybridized carbons (Fsp3) is 0.310. The molecule has 0 saturated carbocycles. The second-order valence-electron chi connectivity index (χ2n) is 8.30. The zero-order chi connectivity index (χ0) is 25.0. The second-order valence-corrected chi connectivity index (χ2v) is 8.30. The van der Waals surface area contributed by atoms with E-state index in [4.69, 9.17) is 9.47 Å². The lowest BCUT2D eigenvalue weighted by atomic mass is 10.0. The fourth-order valence-corrected chi connectivity index (χ4v) is 4.03. The number of nitrogens with zero attached hydrogens (tertiary/aromatic N) is 1. The van der Waals surface area contributed by atoms with Crippen LogP contribution in [-0.4, -0.2) is 37.5 Å². The number of nitrogens with one attached hydrogen (secondary N) is 1. The van der Waals surface area contributed by atoms with Crippen molar-refractivity contribution in [3.8, 4) is 11.5 Å². The normalized spacial score (nSPS) is 11.4. The third-order valence-corrected chi connectivity index (χ3v) is 5.82. The SMILES string of the molecule is CCCC(=O)N(Cc1ccccc1)[C@H](C(=O)NCCc1ccc(OC)c(OC)c1)c1ccccc1. The van der Waals surface area contributed by atoms with E-state index in [0.29, 0.717) is 43.9 Å². The number of carbonyl (C=O) groups excluding carboxylic acids is 2. The van der Waals surface area contributed by atoms with Crippen LogP contribution in [0.4, 0.5) is 0 Å². The Labute approximate surface area is 207 Å². The highest BCUT2D eigenvalue weighted by Gasteiger charge is 2.30. The zero-order valence-electron chi connectivity index (χ0n) is 20.7. The van der Waals surface area contributed by atoms with Crippen molar-refractivity contribution in [1.29, 1.82) is 0 Å². The van der Waals surface area contributed by atoms with Crippen molar-refractivity contribution in [2.45, 2.75) is 38.8 Å². The number of methoxy groups -OCH3 is 2. The van der Waals surface area contributed by atoms with Gasteiger partial charge in [-0.25, -0.2) is 0 Å². The summed E-state index contributed by atoms with van der Waals surface area (Å²) in [6, 6.07) is 24.3. The van der Waals surface area contributed by atoms with Gasteiger partial charge in [-0.15, -0.1) is 0 Å². The molecule has 0 saturated heterocycles. The highest BCUT2D eigenvalue weighted by atomic mass is 16.5. The maximum absolute atomic E-state index is 13.5. The van der Waals surface area contributed by atoms with Crippen LogP contribution in [0.3, 0.4) is 0 Å². The van der Waals surface area contributed by atoms with Crippen molar-refractivity contribution >= 4 is 11.8 Å². The highest BCUT2D eigenvalue weighted by molar-refractivity contribution is 5.88. The molecule has 6 heteroatoms. The Balaban J connectivity index is 1.81. The molecule has 0 heterocycles. The summed E-state index contributed by atoms with van der Waals surface area (Å²) in [6.45, 7) is 2.76. The number of benzene rings is 3. The minimum Gasteiger partial charge on any atom is -0.493 e. The van der Waals surface area contributed by atoms with Crippen LogP contribution in [0.15, 0.2) is 78.9 Å². The molecule has 0 aromatic heterocycles. The predicted molar refractivity (Wildman–Crippen MR) is 137 cm³/mol. The number of ether oxygens (including phenoxy) is 2. The predicted octanol–water partition coefficient (Wildman–Crippen LogP) is 4.93. The first kappa shape index (κ1) is 25.8. The van der Waals surface area contributed by atoms with E-state index in [1.165, 1.54) is 0 Å². The lowest BCUT2D eigenvalue weighted by molar-refractivity contribution is -0.141. The lowest BCUT2D eigenvalue weighted by Gasteiger charge is -2.31. The first-order chi connectivity index (χ1) is 17.1. The van der Waals surface area contributed by atoms with E-state index >= 15 is 0 Å². The monoisotopic (exact) mass is 474 g/mol. The summed E-state index contributed by atoms with van der Waals surface area (Å²) in [4.78, 5) is 28.5. The smallest absolute Gasteiger partial charge is 0.247 e. The van der Waals surface area contributed by atoms with Gasteiger partial charge in [-0.3, -0.25) is 9.59 Å². The molecule has 0 spiro atoms. The van der Waals surface area contributed by atoms with Gasteiger partial charge in [-0.1, -0.05) is 73.7 Å². The first-order valence-corrected chi connectivity index (χ1v) is 11.9. The quantitative estimate of drug-likeness (QED) is 0.404. The minimum absolute atomic E-state index is 0.0414. The van der Waals surface area contributed by atoms with Gasteiger partial charge in [0.15, 0.2) is 11.5 Å². The fourth-order valence-electron chi connectivity index (χ4n) is 4.03. The maximum Gasteiger partial charge on any atom is 0.247 e. The van der Waals surface area contributed by atoms with Crippen molar-refractivity contribution in [1.82, 2.24) is 10.2 Å². The van der Waals surface area contributed by atoms with Crippen LogP contribution in [-0.2, 0) is 22.6 Å². The summed E-state index contributed by atoms with van der Waals surface area (Å²) in [5.74, 6) is 1.07. The van der Waals surface area contributed by atoms with Gasteiger partial charge in [0.2, 0.25) is 11.8 Å². The van der Waals surface area contributed by atoms with E-state index < -0.39 is 6.04 Å².